The van der Waals surface area contributed by atoms with Crippen molar-refractivity contribution >= 4 is 0 Å². The Morgan fingerprint density at radius 1 is 1.39 bits per heavy atom. The second kappa shape index (κ2) is 6.54. The molecular weight excluding hydrogens is 230 g/mol. The minimum Gasteiger partial charge on any atom is -0.477 e. The Balaban J connectivity index is 1.77. The Labute approximate surface area is 108 Å². The average Bonchev–Trinajstić information content (AvgIpc) is 2.82. The van der Waals surface area contributed by atoms with E-state index in [9.17, 15) is 0 Å². The van der Waals surface area contributed by atoms with Crippen molar-refractivity contribution < 1.29 is 9.47 Å². The van der Waals surface area contributed by atoms with Gasteiger partial charge in [-0.05, 0) is 45.7 Å². The van der Waals surface area contributed by atoms with Gasteiger partial charge in [0.15, 0.2) is 0 Å². The Bertz CT molecular complexity index is 365. The van der Waals surface area contributed by atoms with Gasteiger partial charge in [0.2, 0.25) is 11.8 Å². The molecule has 5 heteroatoms. The van der Waals surface area contributed by atoms with E-state index in [1.54, 1.807) is 6.07 Å². The fourth-order valence-corrected chi connectivity index (χ4v) is 2.00. The van der Waals surface area contributed by atoms with Crippen LogP contribution in [0.1, 0.15) is 26.7 Å². The standard InChI is InChI=1S/C13H21N3O2/c1-10(2)18-13-7-12(15-9-16-13)17-6-4-11-3-5-14-8-11/h7,9-11,14H,3-6,8H2,1-2H3. The summed E-state index contributed by atoms with van der Waals surface area (Å²) < 4.78 is 11.1. The van der Waals surface area contributed by atoms with Crippen molar-refractivity contribution in [3.8, 4) is 11.8 Å². The fraction of sp³-hybridized carbons (Fsp3) is 0.692. The zero-order chi connectivity index (χ0) is 12.8. The van der Waals surface area contributed by atoms with Crippen LogP contribution >= 0.6 is 0 Å². The minimum absolute atomic E-state index is 0.109. The van der Waals surface area contributed by atoms with E-state index in [0.29, 0.717) is 18.4 Å². The smallest absolute Gasteiger partial charge is 0.220 e. The molecule has 1 aromatic heterocycles. The summed E-state index contributed by atoms with van der Waals surface area (Å²) in [6.45, 7) is 6.87. The van der Waals surface area contributed by atoms with E-state index >= 15 is 0 Å². The molecule has 18 heavy (non-hydrogen) atoms. The minimum atomic E-state index is 0.109. The highest BCUT2D eigenvalue weighted by Gasteiger charge is 2.14. The molecule has 0 amide bonds. The molecule has 100 valence electrons. The first-order valence-electron chi connectivity index (χ1n) is 6.56. The van der Waals surface area contributed by atoms with E-state index in [0.717, 1.165) is 25.4 Å². The number of aromatic nitrogens is 2. The van der Waals surface area contributed by atoms with Gasteiger partial charge in [0.05, 0.1) is 18.8 Å². The maximum absolute atomic E-state index is 5.63. The monoisotopic (exact) mass is 251 g/mol. The van der Waals surface area contributed by atoms with Gasteiger partial charge < -0.3 is 14.8 Å². The molecule has 0 aromatic carbocycles. The van der Waals surface area contributed by atoms with Gasteiger partial charge in [0.1, 0.15) is 6.33 Å². The van der Waals surface area contributed by atoms with Crippen molar-refractivity contribution in [2.75, 3.05) is 19.7 Å². The van der Waals surface area contributed by atoms with E-state index in [1.807, 2.05) is 13.8 Å². The van der Waals surface area contributed by atoms with Crippen LogP contribution in [0.3, 0.4) is 0 Å². The number of rotatable bonds is 6. The topological polar surface area (TPSA) is 56.3 Å². The van der Waals surface area contributed by atoms with Crippen LogP contribution in [-0.2, 0) is 0 Å². The predicted molar refractivity (Wildman–Crippen MR) is 68.9 cm³/mol. The molecule has 2 rings (SSSR count). The first-order valence-corrected chi connectivity index (χ1v) is 6.56. The number of hydrogen-bond acceptors (Lipinski definition) is 5. The first-order chi connectivity index (χ1) is 8.74. The molecule has 0 bridgehead atoms. The van der Waals surface area contributed by atoms with Gasteiger partial charge in [-0.25, -0.2) is 9.97 Å². The molecule has 1 aromatic rings. The lowest BCUT2D eigenvalue weighted by molar-refractivity contribution is 0.227. The summed E-state index contributed by atoms with van der Waals surface area (Å²) in [7, 11) is 0. The van der Waals surface area contributed by atoms with Gasteiger partial charge >= 0.3 is 0 Å². The van der Waals surface area contributed by atoms with Crippen molar-refractivity contribution in [3.63, 3.8) is 0 Å². The zero-order valence-corrected chi connectivity index (χ0v) is 11.1. The first kappa shape index (κ1) is 13.1. The van der Waals surface area contributed by atoms with Crippen molar-refractivity contribution in [1.29, 1.82) is 0 Å². The third-order valence-electron chi connectivity index (χ3n) is 2.91. The molecule has 1 fully saturated rings. The normalized spacial score (nSPS) is 19.2. The van der Waals surface area contributed by atoms with Gasteiger partial charge in [0, 0.05) is 0 Å². The molecule has 1 aliphatic heterocycles. The largest absolute Gasteiger partial charge is 0.477 e. The van der Waals surface area contributed by atoms with Crippen LogP contribution in [0.5, 0.6) is 11.8 Å². The van der Waals surface area contributed by atoms with Crippen LogP contribution < -0.4 is 14.8 Å². The van der Waals surface area contributed by atoms with Gasteiger partial charge in [0.25, 0.3) is 0 Å². The molecule has 1 unspecified atom stereocenters. The second-order valence-corrected chi connectivity index (χ2v) is 4.86. The van der Waals surface area contributed by atoms with Crippen LogP contribution in [-0.4, -0.2) is 35.8 Å². The molecule has 0 radical (unpaired) electrons. The second-order valence-electron chi connectivity index (χ2n) is 4.86. The molecule has 0 aliphatic carbocycles. The van der Waals surface area contributed by atoms with Gasteiger partial charge in [-0.15, -0.1) is 0 Å². The highest BCUT2D eigenvalue weighted by molar-refractivity contribution is 5.18. The van der Waals surface area contributed by atoms with Gasteiger partial charge in [-0.2, -0.15) is 0 Å². The van der Waals surface area contributed by atoms with E-state index in [4.69, 9.17) is 9.47 Å². The maximum atomic E-state index is 5.63. The lowest BCUT2D eigenvalue weighted by Gasteiger charge is -2.11. The summed E-state index contributed by atoms with van der Waals surface area (Å²) in [6, 6.07) is 1.74. The molecule has 1 aliphatic rings. The van der Waals surface area contributed by atoms with E-state index in [2.05, 4.69) is 15.3 Å². The number of nitrogens with zero attached hydrogens (tertiary/aromatic N) is 2. The van der Waals surface area contributed by atoms with E-state index in [-0.39, 0.29) is 6.10 Å². The molecule has 1 saturated heterocycles. The van der Waals surface area contributed by atoms with Crippen molar-refractivity contribution in [2.24, 2.45) is 5.92 Å². The molecular formula is C13H21N3O2. The predicted octanol–water partition coefficient (Wildman–Crippen LogP) is 1.64. The van der Waals surface area contributed by atoms with Crippen molar-refractivity contribution in [1.82, 2.24) is 15.3 Å². The SMILES string of the molecule is CC(C)Oc1cc(OCCC2CCNC2)ncn1. The Morgan fingerprint density at radius 3 is 2.94 bits per heavy atom. The van der Waals surface area contributed by atoms with Crippen LogP contribution in [0.4, 0.5) is 0 Å². The van der Waals surface area contributed by atoms with Crippen LogP contribution in [0, 0.1) is 5.92 Å². The summed E-state index contributed by atoms with van der Waals surface area (Å²) in [4.78, 5) is 8.12. The molecule has 1 N–H and O–H groups in total. The molecule has 1 atom stereocenters. The van der Waals surface area contributed by atoms with Crippen molar-refractivity contribution in [3.05, 3.63) is 12.4 Å². The van der Waals surface area contributed by atoms with Crippen LogP contribution in [0.2, 0.25) is 0 Å². The molecule has 0 spiro atoms. The zero-order valence-electron chi connectivity index (χ0n) is 11.1. The summed E-state index contributed by atoms with van der Waals surface area (Å²) in [5, 5.41) is 3.35. The maximum Gasteiger partial charge on any atom is 0.220 e. The molecule has 0 saturated carbocycles. The quantitative estimate of drug-likeness (QED) is 0.833. The van der Waals surface area contributed by atoms with Crippen molar-refractivity contribution in [2.45, 2.75) is 32.8 Å². The lowest BCUT2D eigenvalue weighted by atomic mass is 10.1. The Morgan fingerprint density at radius 2 is 2.22 bits per heavy atom. The molecule has 2 heterocycles. The third-order valence-corrected chi connectivity index (χ3v) is 2.91. The van der Waals surface area contributed by atoms with Crippen LogP contribution in [0.15, 0.2) is 12.4 Å². The summed E-state index contributed by atoms with van der Waals surface area (Å²) in [6.07, 6.45) is 3.90. The van der Waals surface area contributed by atoms with E-state index < -0.39 is 0 Å². The summed E-state index contributed by atoms with van der Waals surface area (Å²) in [5.41, 5.74) is 0. The highest BCUT2D eigenvalue weighted by Crippen LogP contribution is 2.16. The Kier molecular flexibility index (Phi) is 4.75. The third kappa shape index (κ3) is 4.14. The average molecular weight is 251 g/mol. The fourth-order valence-electron chi connectivity index (χ4n) is 2.00. The number of ether oxygens (including phenoxy) is 2. The molecule has 5 nitrogen and oxygen atoms in total. The van der Waals surface area contributed by atoms with Gasteiger partial charge in [-0.1, -0.05) is 0 Å². The number of hydrogen-bond donors (Lipinski definition) is 1. The lowest BCUT2D eigenvalue weighted by Crippen LogP contribution is -2.12. The van der Waals surface area contributed by atoms with Gasteiger partial charge in [-0.3, -0.25) is 0 Å². The summed E-state index contributed by atoms with van der Waals surface area (Å²) >= 11 is 0. The van der Waals surface area contributed by atoms with Crippen LogP contribution in [0.25, 0.3) is 0 Å². The van der Waals surface area contributed by atoms with E-state index in [1.165, 1.54) is 12.7 Å². The number of nitrogens with one attached hydrogen (secondary N) is 1. The Hall–Kier alpha value is -1.36. The summed E-state index contributed by atoms with van der Waals surface area (Å²) in [5.74, 6) is 1.89. The highest BCUT2D eigenvalue weighted by atomic mass is 16.5.